The lowest BCUT2D eigenvalue weighted by atomic mass is 10.2. The van der Waals surface area contributed by atoms with E-state index in [1.807, 2.05) is 24.3 Å². The van der Waals surface area contributed by atoms with Gasteiger partial charge in [0.25, 0.3) is 5.91 Å². The van der Waals surface area contributed by atoms with Crippen molar-refractivity contribution in [3.63, 3.8) is 0 Å². The summed E-state index contributed by atoms with van der Waals surface area (Å²) in [7, 11) is 1.56. The van der Waals surface area contributed by atoms with Crippen molar-refractivity contribution >= 4 is 34.7 Å². The number of aromatic nitrogens is 1. The summed E-state index contributed by atoms with van der Waals surface area (Å²) in [4.78, 5) is 16.6. The topological polar surface area (TPSA) is 63.2 Å². The third kappa shape index (κ3) is 4.28. The van der Waals surface area contributed by atoms with Crippen LogP contribution < -0.4 is 15.4 Å². The lowest BCUT2D eigenvalue weighted by Crippen LogP contribution is -2.13. The molecule has 0 saturated heterocycles. The van der Waals surface area contributed by atoms with E-state index < -0.39 is 0 Å². The number of hydrogen-bond donors (Lipinski definition) is 2. The van der Waals surface area contributed by atoms with Crippen LogP contribution in [0.4, 0.5) is 17.2 Å². The maximum atomic E-state index is 12.3. The average Bonchev–Trinajstić information content (AvgIpc) is 2.64. The van der Waals surface area contributed by atoms with E-state index >= 15 is 0 Å². The number of rotatable bonds is 5. The molecule has 0 bridgehead atoms. The second-order valence-electron chi connectivity index (χ2n) is 5.22. The number of carbonyl (C=O) groups is 1. The highest BCUT2D eigenvalue weighted by atomic mass is 35.5. The van der Waals surface area contributed by atoms with E-state index in [4.69, 9.17) is 16.3 Å². The molecule has 0 aliphatic rings. The Hall–Kier alpha value is -3.05. The van der Waals surface area contributed by atoms with Crippen LogP contribution in [0.5, 0.6) is 5.75 Å². The van der Waals surface area contributed by atoms with Crippen molar-refractivity contribution < 1.29 is 9.53 Å². The van der Waals surface area contributed by atoms with E-state index in [-0.39, 0.29) is 5.91 Å². The number of pyridine rings is 1. The molecule has 2 aromatic carbocycles. The van der Waals surface area contributed by atoms with E-state index in [9.17, 15) is 4.79 Å². The Morgan fingerprint density at radius 1 is 1.04 bits per heavy atom. The van der Waals surface area contributed by atoms with Crippen LogP contribution >= 0.6 is 11.6 Å². The van der Waals surface area contributed by atoms with Crippen LogP contribution in [-0.2, 0) is 0 Å². The normalized spacial score (nSPS) is 10.2. The molecule has 0 radical (unpaired) electrons. The molecular weight excluding hydrogens is 338 g/mol. The van der Waals surface area contributed by atoms with Crippen LogP contribution in [0.2, 0.25) is 5.02 Å². The van der Waals surface area contributed by atoms with Crippen LogP contribution in [0.15, 0.2) is 66.9 Å². The van der Waals surface area contributed by atoms with E-state index in [2.05, 4.69) is 15.6 Å². The minimum Gasteiger partial charge on any atom is -0.495 e. The maximum Gasteiger partial charge on any atom is 0.257 e. The number of methoxy groups -OCH3 is 1. The molecule has 1 aromatic heterocycles. The first-order valence-corrected chi connectivity index (χ1v) is 7.96. The minimum atomic E-state index is -0.255. The van der Waals surface area contributed by atoms with Crippen LogP contribution in [0.3, 0.4) is 0 Å². The number of halogens is 1. The molecule has 1 amide bonds. The van der Waals surface area contributed by atoms with Crippen molar-refractivity contribution in [1.29, 1.82) is 0 Å². The fraction of sp³-hybridized carbons (Fsp3) is 0.0526. The van der Waals surface area contributed by atoms with Gasteiger partial charge < -0.3 is 15.4 Å². The first kappa shape index (κ1) is 16.8. The molecule has 3 rings (SSSR count). The van der Waals surface area contributed by atoms with Gasteiger partial charge in [-0.2, -0.15) is 0 Å². The number of hydrogen-bond acceptors (Lipinski definition) is 4. The molecule has 0 atom stereocenters. The highest BCUT2D eigenvalue weighted by molar-refractivity contribution is 6.30. The van der Waals surface area contributed by atoms with Crippen molar-refractivity contribution in [3.8, 4) is 5.75 Å². The van der Waals surface area contributed by atoms with Gasteiger partial charge in [-0.3, -0.25) is 4.79 Å². The lowest BCUT2D eigenvalue weighted by Gasteiger charge is -2.10. The Bertz CT molecular complexity index is 865. The highest BCUT2D eigenvalue weighted by Crippen LogP contribution is 2.24. The van der Waals surface area contributed by atoms with Gasteiger partial charge in [0, 0.05) is 16.9 Å². The Balaban J connectivity index is 1.69. The second-order valence-corrected chi connectivity index (χ2v) is 5.65. The van der Waals surface area contributed by atoms with Crippen molar-refractivity contribution in [3.05, 3.63) is 77.4 Å². The third-order valence-corrected chi connectivity index (χ3v) is 3.75. The summed E-state index contributed by atoms with van der Waals surface area (Å²) in [6.45, 7) is 0. The van der Waals surface area contributed by atoms with Crippen LogP contribution in [0.25, 0.3) is 0 Å². The molecule has 126 valence electrons. The van der Waals surface area contributed by atoms with E-state index in [1.165, 1.54) is 6.20 Å². The summed E-state index contributed by atoms with van der Waals surface area (Å²) in [5.74, 6) is 0.982. The third-order valence-electron chi connectivity index (χ3n) is 3.50. The standard InChI is InChI=1S/C19H16ClN3O2/c1-25-17-5-3-2-4-16(17)23-19(24)13-6-11-18(21-12-13)22-15-9-7-14(20)8-10-15/h2-12H,1H3,(H,21,22)(H,23,24). The number of nitrogens with zero attached hydrogens (tertiary/aromatic N) is 1. The molecule has 0 spiro atoms. The van der Waals surface area contributed by atoms with Gasteiger partial charge in [0.05, 0.1) is 18.4 Å². The van der Waals surface area contributed by atoms with E-state index in [0.29, 0.717) is 27.8 Å². The zero-order valence-electron chi connectivity index (χ0n) is 13.5. The molecule has 0 aliphatic carbocycles. The number of ether oxygens (including phenoxy) is 1. The molecule has 0 saturated carbocycles. The van der Waals surface area contributed by atoms with Crippen molar-refractivity contribution in [2.24, 2.45) is 0 Å². The van der Waals surface area contributed by atoms with Gasteiger partial charge >= 0.3 is 0 Å². The predicted molar refractivity (Wildman–Crippen MR) is 99.9 cm³/mol. The van der Waals surface area contributed by atoms with Gasteiger partial charge in [0.1, 0.15) is 11.6 Å². The minimum absolute atomic E-state index is 0.255. The molecule has 3 aromatic rings. The van der Waals surface area contributed by atoms with Crippen molar-refractivity contribution in [1.82, 2.24) is 4.98 Å². The quantitative estimate of drug-likeness (QED) is 0.695. The SMILES string of the molecule is COc1ccccc1NC(=O)c1ccc(Nc2ccc(Cl)cc2)nc1. The molecule has 25 heavy (non-hydrogen) atoms. The Morgan fingerprint density at radius 3 is 2.48 bits per heavy atom. The molecule has 5 nitrogen and oxygen atoms in total. The summed E-state index contributed by atoms with van der Waals surface area (Å²) in [6.07, 6.45) is 1.52. The van der Waals surface area contributed by atoms with Crippen LogP contribution in [-0.4, -0.2) is 18.0 Å². The Morgan fingerprint density at radius 2 is 1.80 bits per heavy atom. The molecule has 0 aliphatic heterocycles. The second kappa shape index (κ2) is 7.68. The van der Waals surface area contributed by atoms with Gasteiger partial charge in [-0.1, -0.05) is 23.7 Å². The molecule has 1 heterocycles. The van der Waals surface area contributed by atoms with Crippen LogP contribution in [0, 0.1) is 0 Å². The zero-order valence-corrected chi connectivity index (χ0v) is 14.2. The molecule has 2 N–H and O–H groups in total. The van der Waals surface area contributed by atoms with Gasteiger partial charge in [-0.25, -0.2) is 4.98 Å². The highest BCUT2D eigenvalue weighted by Gasteiger charge is 2.10. The molecule has 0 unspecified atom stereocenters. The summed E-state index contributed by atoms with van der Waals surface area (Å²) in [5, 5.41) is 6.63. The number of para-hydroxylation sites is 2. The van der Waals surface area contributed by atoms with Crippen molar-refractivity contribution in [2.75, 3.05) is 17.7 Å². The molecule has 0 fully saturated rings. The fourth-order valence-corrected chi connectivity index (χ4v) is 2.35. The number of benzene rings is 2. The van der Waals surface area contributed by atoms with Gasteiger partial charge in [0.2, 0.25) is 0 Å². The number of anilines is 3. The number of carbonyl (C=O) groups excluding carboxylic acids is 1. The lowest BCUT2D eigenvalue weighted by molar-refractivity contribution is 0.102. The first-order chi connectivity index (χ1) is 12.2. The Kier molecular flexibility index (Phi) is 5.16. The predicted octanol–water partition coefficient (Wildman–Crippen LogP) is 4.74. The van der Waals surface area contributed by atoms with Crippen molar-refractivity contribution in [2.45, 2.75) is 0 Å². The Labute approximate surface area is 150 Å². The smallest absolute Gasteiger partial charge is 0.257 e. The summed E-state index contributed by atoms with van der Waals surface area (Å²) in [6, 6.07) is 18.0. The fourth-order valence-electron chi connectivity index (χ4n) is 2.23. The van der Waals surface area contributed by atoms with E-state index in [1.54, 1.807) is 43.5 Å². The number of amides is 1. The number of nitrogens with one attached hydrogen (secondary N) is 2. The summed E-state index contributed by atoms with van der Waals surface area (Å²) >= 11 is 5.86. The van der Waals surface area contributed by atoms with Gasteiger partial charge in [0.15, 0.2) is 0 Å². The largest absolute Gasteiger partial charge is 0.495 e. The van der Waals surface area contributed by atoms with Gasteiger partial charge in [-0.05, 0) is 48.5 Å². The monoisotopic (exact) mass is 353 g/mol. The molecule has 6 heteroatoms. The first-order valence-electron chi connectivity index (χ1n) is 7.59. The summed E-state index contributed by atoms with van der Waals surface area (Å²) in [5.41, 5.74) is 1.93. The van der Waals surface area contributed by atoms with E-state index in [0.717, 1.165) is 5.69 Å². The zero-order chi connectivity index (χ0) is 17.6. The molecular formula is C19H16ClN3O2. The summed E-state index contributed by atoms with van der Waals surface area (Å²) < 4.78 is 5.23. The maximum absolute atomic E-state index is 12.3. The van der Waals surface area contributed by atoms with Gasteiger partial charge in [-0.15, -0.1) is 0 Å². The average molecular weight is 354 g/mol. The van der Waals surface area contributed by atoms with Crippen LogP contribution in [0.1, 0.15) is 10.4 Å².